The van der Waals surface area contributed by atoms with Gasteiger partial charge in [-0.2, -0.15) is 0 Å². The van der Waals surface area contributed by atoms with Gasteiger partial charge in [0.1, 0.15) is 13.2 Å². The molecule has 0 bridgehead atoms. The van der Waals surface area contributed by atoms with Crippen LogP contribution in [0.5, 0.6) is 0 Å². The van der Waals surface area contributed by atoms with Gasteiger partial charge in [-0.1, -0.05) is 199 Å². The molecule has 1 atom stereocenters. The zero-order chi connectivity index (χ0) is 42.3. The Balaban J connectivity index is 4.57. The van der Waals surface area contributed by atoms with E-state index in [1.807, 2.05) is 79.0 Å². The highest BCUT2D eigenvalue weighted by molar-refractivity contribution is 5.72. The largest absolute Gasteiger partial charge is 0.462 e. The van der Waals surface area contributed by atoms with Crippen molar-refractivity contribution in [2.24, 2.45) is 0 Å². The van der Waals surface area contributed by atoms with Crippen LogP contribution in [0.1, 0.15) is 143 Å². The number of allylic oxidation sites excluding steroid dienone is 23. The molecule has 6 heteroatoms. The van der Waals surface area contributed by atoms with Gasteiger partial charge in [0.2, 0.25) is 0 Å². The summed E-state index contributed by atoms with van der Waals surface area (Å²) in [5.74, 6) is -1.15. The van der Waals surface area contributed by atoms with Gasteiger partial charge in [-0.15, -0.1) is 0 Å². The Morgan fingerprint density at radius 3 is 1.36 bits per heavy atom. The van der Waals surface area contributed by atoms with Crippen LogP contribution in [0.25, 0.3) is 0 Å². The van der Waals surface area contributed by atoms with Crippen molar-refractivity contribution in [3.63, 3.8) is 0 Å². The molecule has 0 aliphatic heterocycles. The highest BCUT2D eigenvalue weighted by Gasteiger charge is 2.19. The molecule has 0 aliphatic carbocycles. The Bertz CT molecular complexity index is 1380. The van der Waals surface area contributed by atoms with Gasteiger partial charge in [-0.25, -0.2) is 0 Å². The number of carbonyl (C=O) groups excluding carboxylic acids is 3. The number of hydrogen-bond acceptors (Lipinski definition) is 6. The van der Waals surface area contributed by atoms with E-state index in [2.05, 4.69) is 81.5 Å². The molecule has 0 amide bonds. The van der Waals surface area contributed by atoms with E-state index in [0.717, 1.165) is 89.9 Å². The lowest BCUT2D eigenvalue weighted by Crippen LogP contribution is -2.30. The van der Waals surface area contributed by atoms with E-state index in [9.17, 15) is 14.4 Å². The lowest BCUT2D eigenvalue weighted by Gasteiger charge is -2.18. The number of unbranched alkanes of at least 4 members (excludes halogenated alkanes) is 9. The van der Waals surface area contributed by atoms with Gasteiger partial charge in [0.15, 0.2) is 6.10 Å². The minimum Gasteiger partial charge on any atom is -0.462 e. The Morgan fingerprint density at radius 1 is 0.397 bits per heavy atom. The smallest absolute Gasteiger partial charge is 0.309 e. The quantitative estimate of drug-likeness (QED) is 0.0207. The van der Waals surface area contributed by atoms with Crippen LogP contribution in [-0.4, -0.2) is 37.2 Å². The predicted molar refractivity (Wildman–Crippen MR) is 246 cm³/mol. The van der Waals surface area contributed by atoms with Crippen molar-refractivity contribution in [1.29, 1.82) is 0 Å². The molecule has 58 heavy (non-hydrogen) atoms. The van der Waals surface area contributed by atoms with Gasteiger partial charge in [0, 0.05) is 12.8 Å². The van der Waals surface area contributed by atoms with Crippen molar-refractivity contribution in [1.82, 2.24) is 0 Å². The second-order valence-corrected chi connectivity index (χ2v) is 13.7. The van der Waals surface area contributed by atoms with Gasteiger partial charge in [-0.05, 0) is 70.6 Å². The van der Waals surface area contributed by atoms with Crippen LogP contribution < -0.4 is 0 Å². The summed E-state index contributed by atoms with van der Waals surface area (Å²) in [6.45, 7) is 6.08. The number of rotatable bonds is 36. The molecule has 0 spiro atoms. The summed E-state index contributed by atoms with van der Waals surface area (Å²) in [5, 5.41) is 0. The zero-order valence-electron chi connectivity index (χ0n) is 36.2. The minimum absolute atomic E-state index is 0.113. The Hall–Kier alpha value is -4.71. The van der Waals surface area contributed by atoms with Crippen molar-refractivity contribution in [2.45, 2.75) is 149 Å². The second-order valence-electron chi connectivity index (χ2n) is 13.7. The maximum absolute atomic E-state index is 12.7. The van der Waals surface area contributed by atoms with Gasteiger partial charge in [0.25, 0.3) is 0 Å². The standard InChI is InChI=1S/C52H76O6/c1-4-7-10-13-16-19-21-23-24-25-26-27-29-30-33-36-39-42-45-51(54)57-48-49(47-56-50(53)44-41-38-35-32-18-15-12-9-6-3)58-52(55)46-43-40-37-34-31-28-22-20-17-14-11-8-5-2/h8-14,16-28,31-32,38,41,49H,4-7,15,29-30,33-37,39-40,42-48H2,1-3H3/b11-8-,12-9-,13-10-,17-14-,19-16-,22-20-,23-21-,25-24-,27-26-,31-28-,32-18-,41-38-. The molecule has 1 unspecified atom stereocenters. The monoisotopic (exact) mass is 797 g/mol. The molecule has 0 saturated carbocycles. The molecule has 0 aliphatic rings. The van der Waals surface area contributed by atoms with Gasteiger partial charge < -0.3 is 14.2 Å². The lowest BCUT2D eigenvalue weighted by atomic mass is 10.1. The molecular weight excluding hydrogens is 721 g/mol. The van der Waals surface area contributed by atoms with Crippen LogP contribution >= 0.6 is 0 Å². The molecule has 0 saturated heterocycles. The van der Waals surface area contributed by atoms with E-state index in [0.29, 0.717) is 12.8 Å². The van der Waals surface area contributed by atoms with Crippen LogP contribution in [0.15, 0.2) is 146 Å². The average Bonchev–Trinajstić information content (AvgIpc) is 3.22. The van der Waals surface area contributed by atoms with E-state index in [1.54, 1.807) is 6.08 Å². The van der Waals surface area contributed by atoms with Crippen LogP contribution in [0.3, 0.4) is 0 Å². The van der Waals surface area contributed by atoms with E-state index >= 15 is 0 Å². The Labute approximate surface area is 353 Å². The summed E-state index contributed by atoms with van der Waals surface area (Å²) in [7, 11) is 0. The number of hydrogen-bond donors (Lipinski definition) is 0. The molecule has 6 nitrogen and oxygen atoms in total. The van der Waals surface area contributed by atoms with E-state index < -0.39 is 12.1 Å². The van der Waals surface area contributed by atoms with Crippen molar-refractivity contribution < 1.29 is 28.6 Å². The fourth-order valence-corrected chi connectivity index (χ4v) is 5.07. The van der Waals surface area contributed by atoms with Crippen LogP contribution in [0.4, 0.5) is 0 Å². The van der Waals surface area contributed by atoms with Crippen LogP contribution in [0.2, 0.25) is 0 Å². The number of ether oxygens (including phenoxy) is 3. The maximum atomic E-state index is 12.7. The SMILES string of the molecule is CC\C=C/C=C\C=C/C=C\CCCCCC(=O)OC(COC(=O)C/C=C\C/C=C\C/C=C\CC)COC(=O)CCCCCCC\C=C/C=C\C=C/C=C\C=C/CCC. The molecular formula is C52H76O6. The second kappa shape index (κ2) is 45.0. The molecule has 0 radical (unpaired) electrons. The van der Waals surface area contributed by atoms with Crippen LogP contribution in [0, 0.1) is 0 Å². The summed E-state index contributed by atoms with van der Waals surface area (Å²) < 4.78 is 16.5. The minimum atomic E-state index is -0.849. The van der Waals surface area contributed by atoms with E-state index in [-0.39, 0.29) is 38.0 Å². The average molecular weight is 797 g/mol. The molecule has 0 heterocycles. The normalized spacial score (nSPS) is 13.5. The molecule has 0 aromatic heterocycles. The van der Waals surface area contributed by atoms with E-state index in [4.69, 9.17) is 14.2 Å². The van der Waals surface area contributed by atoms with Crippen molar-refractivity contribution in [3.8, 4) is 0 Å². The first-order chi connectivity index (χ1) is 28.5. The first kappa shape index (κ1) is 53.3. The fraction of sp³-hybridized carbons (Fsp3) is 0.481. The first-order valence-electron chi connectivity index (χ1n) is 22.0. The first-order valence-corrected chi connectivity index (χ1v) is 22.0. The third-order valence-electron chi connectivity index (χ3n) is 8.30. The third-order valence-corrected chi connectivity index (χ3v) is 8.30. The molecule has 320 valence electrons. The van der Waals surface area contributed by atoms with Crippen molar-refractivity contribution in [3.05, 3.63) is 146 Å². The van der Waals surface area contributed by atoms with Gasteiger partial charge in [-0.3, -0.25) is 14.4 Å². The number of esters is 3. The number of carbonyl (C=O) groups is 3. The lowest BCUT2D eigenvalue weighted by molar-refractivity contribution is -0.166. The predicted octanol–water partition coefficient (Wildman–Crippen LogP) is 14.1. The molecule has 0 aromatic carbocycles. The van der Waals surface area contributed by atoms with Crippen LogP contribution in [-0.2, 0) is 28.6 Å². The fourth-order valence-electron chi connectivity index (χ4n) is 5.07. The highest BCUT2D eigenvalue weighted by Crippen LogP contribution is 2.11. The summed E-state index contributed by atoms with van der Waals surface area (Å²) >= 11 is 0. The highest BCUT2D eigenvalue weighted by atomic mass is 16.6. The molecule has 0 rings (SSSR count). The molecule has 0 N–H and O–H groups in total. The van der Waals surface area contributed by atoms with Gasteiger partial charge >= 0.3 is 17.9 Å². The van der Waals surface area contributed by atoms with Gasteiger partial charge in [0.05, 0.1) is 6.42 Å². The Morgan fingerprint density at radius 2 is 0.810 bits per heavy atom. The summed E-state index contributed by atoms with van der Waals surface area (Å²) in [6.07, 6.45) is 64.3. The third kappa shape index (κ3) is 42.4. The summed E-state index contributed by atoms with van der Waals surface area (Å²) in [6, 6.07) is 0. The maximum Gasteiger partial charge on any atom is 0.309 e. The molecule has 0 aromatic rings. The Kier molecular flexibility index (Phi) is 41.3. The molecule has 0 fully saturated rings. The van der Waals surface area contributed by atoms with Crippen molar-refractivity contribution in [2.75, 3.05) is 13.2 Å². The van der Waals surface area contributed by atoms with Crippen molar-refractivity contribution >= 4 is 17.9 Å². The summed E-state index contributed by atoms with van der Waals surface area (Å²) in [5.41, 5.74) is 0. The summed E-state index contributed by atoms with van der Waals surface area (Å²) in [4.78, 5) is 37.6. The zero-order valence-corrected chi connectivity index (χ0v) is 36.2. The van der Waals surface area contributed by atoms with E-state index in [1.165, 1.54) is 6.42 Å². The topological polar surface area (TPSA) is 78.9 Å².